The Labute approximate surface area is 115 Å². The van der Waals surface area contributed by atoms with Gasteiger partial charge >= 0.3 is 0 Å². The fraction of sp³-hybridized carbons (Fsp3) is 0.438. The maximum absolute atomic E-state index is 12.1. The Morgan fingerprint density at radius 1 is 1.32 bits per heavy atom. The quantitative estimate of drug-likeness (QED) is 0.475. The molecule has 0 saturated heterocycles. The Kier molecular flexibility index (Phi) is 5.00. The number of rotatable bonds is 3. The molecule has 3 nitrogen and oxygen atoms in total. The third kappa shape index (κ3) is 3.75. The largest absolute Gasteiger partial charge is 0.496 e. The molecule has 0 bridgehead atoms. The Bertz CT molecular complexity index is 534. The zero-order valence-electron chi connectivity index (χ0n) is 12.5. The van der Waals surface area contributed by atoms with Gasteiger partial charge in [0.05, 0.1) is 7.11 Å². The number of ether oxygens (including phenoxy) is 1. The topological polar surface area (TPSA) is 29.5 Å². The predicted octanol–water partition coefficient (Wildman–Crippen LogP) is 2.83. The van der Waals surface area contributed by atoms with Gasteiger partial charge in [0, 0.05) is 25.7 Å². The van der Waals surface area contributed by atoms with Crippen LogP contribution in [0.5, 0.6) is 5.75 Å². The van der Waals surface area contributed by atoms with Crippen molar-refractivity contribution in [2.75, 3.05) is 21.2 Å². The van der Waals surface area contributed by atoms with Crippen molar-refractivity contribution in [2.45, 2.75) is 26.7 Å². The minimum absolute atomic E-state index is 0.157. The van der Waals surface area contributed by atoms with Crippen molar-refractivity contribution in [3.05, 3.63) is 28.8 Å². The normalized spacial score (nSPS) is 9.84. The fourth-order valence-corrected chi connectivity index (χ4v) is 1.80. The lowest BCUT2D eigenvalue weighted by molar-refractivity contribution is 0.105. The van der Waals surface area contributed by atoms with Gasteiger partial charge in [-0.25, -0.2) is 0 Å². The molecule has 0 spiro atoms. The van der Waals surface area contributed by atoms with Gasteiger partial charge in [0.2, 0.25) is 5.78 Å². The van der Waals surface area contributed by atoms with Crippen molar-refractivity contribution in [1.29, 1.82) is 0 Å². The van der Waals surface area contributed by atoms with Crippen LogP contribution < -0.4 is 4.74 Å². The summed E-state index contributed by atoms with van der Waals surface area (Å²) in [6.45, 7) is 6.05. The average molecular weight is 259 g/mol. The van der Waals surface area contributed by atoms with Crippen LogP contribution in [0.3, 0.4) is 0 Å². The molecule has 0 radical (unpaired) electrons. The number of ketones is 1. The summed E-state index contributed by atoms with van der Waals surface area (Å²) in [5, 5.41) is 0. The van der Waals surface area contributed by atoms with Gasteiger partial charge in [-0.1, -0.05) is 13.8 Å². The van der Waals surface area contributed by atoms with E-state index >= 15 is 0 Å². The highest BCUT2D eigenvalue weighted by Gasteiger charge is 2.14. The molecule has 0 aliphatic carbocycles. The first-order valence-electron chi connectivity index (χ1n) is 6.28. The third-order valence-corrected chi connectivity index (χ3v) is 2.84. The van der Waals surface area contributed by atoms with Crippen LogP contribution in [0.15, 0.2) is 12.1 Å². The zero-order valence-corrected chi connectivity index (χ0v) is 12.5. The Morgan fingerprint density at radius 3 is 2.42 bits per heavy atom. The highest BCUT2D eigenvalue weighted by Crippen LogP contribution is 2.29. The zero-order chi connectivity index (χ0) is 14.6. The SMILES string of the molecule is COc1cc(C)c(C(=O)C#CN(C)C)cc1C(C)C. The van der Waals surface area contributed by atoms with Crippen LogP contribution in [0.2, 0.25) is 0 Å². The van der Waals surface area contributed by atoms with Gasteiger partial charge in [0.15, 0.2) is 0 Å². The number of carbonyl (C=O) groups is 1. The second kappa shape index (κ2) is 6.29. The van der Waals surface area contributed by atoms with E-state index in [9.17, 15) is 4.79 Å². The molecule has 0 atom stereocenters. The first kappa shape index (κ1) is 15.1. The predicted molar refractivity (Wildman–Crippen MR) is 77.6 cm³/mol. The maximum atomic E-state index is 12.1. The lowest BCUT2D eigenvalue weighted by atomic mass is 9.95. The van der Waals surface area contributed by atoms with Crippen LogP contribution in [-0.2, 0) is 0 Å². The van der Waals surface area contributed by atoms with E-state index in [1.807, 2.05) is 19.1 Å². The molecule has 0 saturated carbocycles. The monoisotopic (exact) mass is 259 g/mol. The molecule has 0 aliphatic rings. The Hall–Kier alpha value is -1.95. The number of carbonyl (C=O) groups excluding carboxylic acids is 1. The van der Waals surface area contributed by atoms with Crippen LogP contribution in [0, 0.1) is 18.9 Å². The lowest BCUT2D eigenvalue weighted by Gasteiger charge is -2.14. The van der Waals surface area contributed by atoms with E-state index in [1.165, 1.54) is 0 Å². The van der Waals surface area contributed by atoms with E-state index in [4.69, 9.17) is 4.74 Å². The van der Waals surface area contributed by atoms with Crippen molar-refractivity contribution in [2.24, 2.45) is 0 Å². The average Bonchev–Trinajstić information content (AvgIpc) is 2.34. The van der Waals surface area contributed by atoms with Crippen molar-refractivity contribution in [1.82, 2.24) is 4.90 Å². The summed E-state index contributed by atoms with van der Waals surface area (Å²) in [6, 6.07) is 6.55. The highest BCUT2D eigenvalue weighted by molar-refractivity contribution is 6.10. The number of methoxy groups -OCH3 is 1. The van der Waals surface area contributed by atoms with Gasteiger partial charge in [0.25, 0.3) is 0 Å². The van der Waals surface area contributed by atoms with Crippen LogP contribution in [-0.4, -0.2) is 31.9 Å². The van der Waals surface area contributed by atoms with Gasteiger partial charge in [0.1, 0.15) is 5.75 Å². The molecule has 0 fully saturated rings. The van der Waals surface area contributed by atoms with Crippen LogP contribution >= 0.6 is 0 Å². The minimum Gasteiger partial charge on any atom is -0.496 e. The molecule has 0 N–H and O–H groups in total. The Morgan fingerprint density at radius 2 is 1.95 bits per heavy atom. The highest BCUT2D eigenvalue weighted by atomic mass is 16.5. The van der Waals surface area contributed by atoms with Gasteiger partial charge < -0.3 is 9.64 Å². The van der Waals surface area contributed by atoms with Gasteiger partial charge in [-0.15, -0.1) is 0 Å². The van der Waals surface area contributed by atoms with E-state index in [0.29, 0.717) is 11.5 Å². The molecule has 1 aromatic carbocycles. The summed E-state index contributed by atoms with van der Waals surface area (Å²) < 4.78 is 5.36. The van der Waals surface area contributed by atoms with Crippen molar-refractivity contribution in [3.8, 4) is 17.7 Å². The summed E-state index contributed by atoms with van der Waals surface area (Å²) in [7, 11) is 5.26. The second-order valence-corrected chi connectivity index (χ2v) is 5.02. The molecular weight excluding hydrogens is 238 g/mol. The van der Waals surface area contributed by atoms with Gasteiger partial charge in [-0.05, 0) is 42.0 Å². The molecule has 19 heavy (non-hydrogen) atoms. The molecule has 0 amide bonds. The summed E-state index contributed by atoms with van der Waals surface area (Å²) in [4.78, 5) is 13.8. The van der Waals surface area contributed by atoms with E-state index < -0.39 is 0 Å². The van der Waals surface area contributed by atoms with Gasteiger partial charge in [-0.2, -0.15) is 0 Å². The molecule has 0 aliphatic heterocycles. The first-order valence-corrected chi connectivity index (χ1v) is 6.28. The van der Waals surface area contributed by atoms with E-state index in [-0.39, 0.29) is 5.78 Å². The fourth-order valence-electron chi connectivity index (χ4n) is 1.80. The Balaban J connectivity index is 3.27. The second-order valence-electron chi connectivity index (χ2n) is 5.02. The smallest absolute Gasteiger partial charge is 0.237 e. The van der Waals surface area contributed by atoms with Gasteiger partial charge in [-0.3, -0.25) is 4.79 Å². The number of hydrogen-bond acceptors (Lipinski definition) is 3. The van der Waals surface area contributed by atoms with E-state index in [0.717, 1.165) is 16.9 Å². The number of hydrogen-bond donors (Lipinski definition) is 0. The summed E-state index contributed by atoms with van der Waals surface area (Å²) in [6.07, 6.45) is 0. The van der Waals surface area contributed by atoms with E-state index in [1.54, 1.807) is 26.1 Å². The molecule has 0 aromatic heterocycles. The molecular formula is C16H21NO2. The number of nitrogens with zero attached hydrogens (tertiary/aromatic N) is 1. The number of benzene rings is 1. The minimum atomic E-state index is -0.157. The third-order valence-electron chi connectivity index (χ3n) is 2.84. The maximum Gasteiger partial charge on any atom is 0.237 e. The molecule has 3 heteroatoms. The van der Waals surface area contributed by atoms with Crippen LogP contribution in [0.25, 0.3) is 0 Å². The van der Waals surface area contributed by atoms with Crippen molar-refractivity contribution < 1.29 is 9.53 Å². The lowest BCUT2D eigenvalue weighted by Crippen LogP contribution is -2.06. The van der Waals surface area contributed by atoms with Crippen LogP contribution in [0.1, 0.15) is 41.3 Å². The summed E-state index contributed by atoms with van der Waals surface area (Å²) >= 11 is 0. The summed E-state index contributed by atoms with van der Waals surface area (Å²) in [5.41, 5.74) is 2.57. The summed E-state index contributed by atoms with van der Waals surface area (Å²) in [5.74, 6) is 3.60. The number of Topliss-reactive ketones (excluding diaryl/α,β-unsaturated/α-hetero) is 1. The molecule has 0 heterocycles. The first-order chi connectivity index (χ1) is 8.86. The molecule has 1 rings (SSSR count). The number of aryl methyl sites for hydroxylation is 1. The molecule has 1 aromatic rings. The van der Waals surface area contributed by atoms with Crippen molar-refractivity contribution in [3.63, 3.8) is 0 Å². The van der Waals surface area contributed by atoms with E-state index in [2.05, 4.69) is 25.8 Å². The molecule has 102 valence electrons. The molecule has 0 unspecified atom stereocenters. The standard InChI is InChI=1S/C16H21NO2/c1-11(2)13-10-14(12(3)9-16(13)19-6)15(18)7-8-17(4)5/h9-11H,1-6H3. The van der Waals surface area contributed by atoms with Crippen LogP contribution in [0.4, 0.5) is 0 Å². The van der Waals surface area contributed by atoms with Crippen molar-refractivity contribution >= 4 is 5.78 Å².